The molecule has 0 bridgehead atoms. The summed E-state index contributed by atoms with van der Waals surface area (Å²) < 4.78 is 4.63. The van der Waals surface area contributed by atoms with Gasteiger partial charge < -0.3 is 10.1 Å². The van der Waals surface area contributed by atoms with Gasteiger partial charge in [-0.1, -0.05) is 23.2 Å². The van der Waals surface area contributed by atoms with Gasteiger partial charge in [0.25, 0.3) is 0 Å². The van der Waals surface area contributed by atoms with Gasteiger partial charge in [-0.3, -0.25) is 5.43 Å². The number of methoxy groups -OCH3 is 1. The van der Waals surface area contributed by atoms with Crippen molar-refractivity contribution in [1.29, 1.82) is 0 Å². The van der Waals surface area contributed by atoms with Crippen molar-refractivity contribution in [3.05, 3.63) is 27.7 Å². The zero-order chi connectivity index (χ0) is 16.2. The molecule has 0 heterocycles. The Morgan fingerprint density at radius 1 is 1.24 bits per heavy atom. The smallest absolute Gasteiger partial charge is 0.339 e. The SMILES string of the molecule is COC(=O)c1cc(NN(C)C(=O)NC(C)C)c(Cl)cc1Cl. The molecule has 116 valence electrons. The van der Waals surface area contributed by atoms with Crippen LogP contribution in [0.15, 0.2) is 12.1 Å². The molecule has 2 N–H and O–H groups in total. The highest BCUT2D eigenvalue weighted by Crippen LogP contribution is 2.30. The average Bonchev–Trinajstić information content (AvgIpc) is 2.40. The maximum Gasteiger partial charge on any atom is 0.339 e. The van der Waals surface area contributed by atoms with Crippen molar-refractivity contribution in [3.8, 4) is 0 Å². The highest BCUT2D eigenvalue weighted by molar-refractivity contribution is 6.38. The van der Waals surface area contributed by atoms with Crippen LogP contribution in [-0.4, -0.2) is 37.2 Å². The molecule has 8 heteroatoms. The Hall–Kier alpha value is -1.66. The van der Waals surface area contributed by atoms with Crippen molar-refractivity contribution in [2.24, 2.45) is 0 Å². The van der Waals surface area contributed by atoms with Gasteiger partial charge in [0, 0.05) is 13.1 Å². The second-order valence-corrected chi connectivity index (χ2v) is 5.39. The molecule has 21 heavy (non-hydrogen) atoms. The number of ether oxygens (including phenoxy) is 1. The molecular weight excluding hydrogens is 317 g/mol. The average molecular weight is 334 g/mol. The highest BCUT2D eigenvalue weighted by Gasteiger charge is 2.17. The highest BCUT2D eigenvalue weighted by atomic mass is 35.5. The molecule has 0 unspecified atom stereocenters. The van der Waals surface area contributed by atoms with Crippen LogP contribution in [0.4, 0.5) is 10.5 Å². The molecule has 0 atom stereocenters. The molecule has 0 saturated carbocycles. The Labute approximate surface area is 133 Å². The molecule has 6 nitrogen and oxygen atoms in total. The summed E-state index contributed by atoms with van der Waals surface area (Å²) in [5.74, 6) is -0.589. The molecule has 2 amide bonds. The third-order valence-electron chi connectivity index (χ3n) is 2.47. The van der Waals surface area contributed by atoms with Crippen molar-refractivity contribution in [2.75, 3.05) is 19.6 Å². The zero-order valence-electron chi connectivity index (χ0n) is 12.2. The van der Waals surface area contributed by atoms with E-state index >= 15 is 0 Å². The number of hydrazine groups is 1. The van der Waals surface area contributed by atoms with Crippen LogP contribution in [0.25, 0.3) is 0 Å². The van der Waals surface area contributed by atoms with Crippen LogP contribution < -0.4 is 10.7 Å². The normalized spacial score (nSPS) is 10.2. The minimum Gasteiger partial charge on any atom is -0.465 e. The Morgan fingerprint density at radius 3 is 2.38 bits per heavy atom. The van der Waals surface area contributed by atoms with E-state index in [1.165, 1.54) is 31.3 Å². The summed E-state index contributed by atoms with van der Waals surface area (Å²) in [7, 11) is 2.78. The molecule has 0 fully saturated rings. The molecule has 0 aromatic heterocycles. The fraction of sp³-hybridized carbons (Fsp3) is 0.385. The summed E-state index contributed by atoms with van der Waals surface area (Å²) in [6, 6.07) is 2.49. The number of esters is 1. The van der Waals surface area contributed by atoms with Crippen LogP contribution >= 0.6 is 23.2 Å². The number of carbonyl (C=O) groups excluding carboxylic acids is 2. The number of anilines is 1. The van der Waals surface area contributed by atoms with E-state index in [-0.39, 0.29) is 27.7 Å². The summed E-state index contributed by atoms with van der Waals surface area (Å²) in [4.78, 5) is 23.4. The van der Waals surface area contributed by atoms with Crippen LogP contribution in [0.5, 0.6) is 0 Å². The molecule has 1 rings (SSSR count). The lowest BCUT2D eigenvalue weighted by atomic mass is 10.2. The summed E-state index contributed by atoms with van der Waals surface area (Å²) in [6.45, 7) is 3.69. The van der Waals surface area contributed by atoms with Crippen LogP contribution in [0.2, 0.25) is 10.0 Å². The van der Waals surface area contributed by atoms with E-state index in [1.807, 2.05) is 13.8 Å². The fourth-order valence-corrected chi connectivity index (χ4v) is 1.98. The Balaban J connectivity index is 2.98. The fourth-order valence-electron chi connectivity index (χ4n) is 1.48. The van der Waals surface area contributed by atoms with Gasteiger partial charge in [0.2, 0.25) is 0 Å². The predicted octanol–water partition coefficient (Wildman–Crippen LogP) is 3.16. The Bertz CT molecular complexity index is 550. The van der Waals surface area contributed by atoms with Crippen molar-refractivity contribution in [2.45, 2.75) is 19.9 Å². The first kappa shape index (κ1) is 17.4. The number of nitrogens with zero attached hydrogens (tertiary/aromatic N) is 1. The lowest BCUT2D eigenvalue weighted by Gasteiger charge is -2.22. The first-order chi connectivity index (χ1) is 9.76. The molecule has 0 aliphatic rings. The van der Waals surface area contributed by atoms with Crippen molar-refractivity contribution >= 4 is 40.9 Å². The van der Waals surface area contributed by atoms with E-state index < -0.39 is 5.97 Å². The number of halogens is 2. The first-order valence-electron chi connectivity index (χ1n) is 6.14. The number of benzene rings is 1. The van der Waals surface area contributed by atoms with Crippen LogP contribution in [0, 0.1) is 0 Å². The topological polar surface area (TPSA) is 70.7 Å². The van der Waals surface area contributed by atoms with Crippen LogP contribution in [-0.2, 0) is 4.74 Å². The van der Waals surface area contributed by atoms with Gasteiger partial charge in [-0.05, 0) is 26.0 Å². The predicted molar refractivity (Wildman–Crippen MR) is 82.9 cm³/mol. The van der Waals surface area contributed by atoms with Gasteiger partial charge in [0.15, 0.2) is 0 Å². The summed E-state index contributed by atoms with van der Waals surface area (Å²) in [5.41, 5.74) is 3.30. The number of hydrogen-bond acceptors (Lipinski definition) is 4. The second kappa shape index (κ2) is 7.38. The van der Waals surface area contributed by atoms with E-state index in [0.717, 1.165) is 0 Å². The summed E-state index contributed by atoms with van der Waals surface area (Å²) in [5, 5.41) is 4.37. The standard InChI is InChI=1S/C13H17Cl2N3O3/c1-7(2)16-13(20)18(3)17-11-5-8(12(19)21-4)9(14)6-10(11)15/h5-7,17H,1-4H3,(H,16,20). The van der Waals surface area contributed by atoms with Crippen LogP contribution in [0.3, 0.4) is 0 Å². The van der Waals surface area contributed by atoms with Gasteiger partial charge in [-0.2, -0.15) is 0 Å². The van der Waals surface area contributed by atoms with Crippen molar-refractivity contribution < 1.29 is 14.3 Å². The summed E-state index contributed by atoms with van der Waals surface area (Å²) >= 11 is 12.0. The Morgan fingerprint density at radius 2 is 1.86 bits per heavy atom. The molecule has 0 aliphatic heterocycles. The monoisotopic (exact) mass is 333 g/mol. The Kier molecular flexibility index (Phi) is 6.11. The number of hydrogen-bond donors (Lipinski definition) is 2. The quantitative estimate of drug-likeness (QED) is 0.655. The minimum absolute atomic E-state index is 0.00642. The zero-order valence-corrected chi connectivity index (χ0v) is 13.7. The molecule has 1 aromatic rings. The number of rotatable bonds is 4. The summed E-state index contributed by atoms with van der Waals surface area (Å²) in [6.07, 6.45) is 0. The van der Waals surface area contributed by atoms with Crippen molar-refractivity contribution in [1.82, 2.24) is 10.3 Å². The first-order valence-corrected chi connectivity index (χ1v) is 6.90. The van der Waals surface area contributed by atoms with E-state index in [2.05, 4.69) is 15.5 Å². The van der Waals surface area contributed by atoms with Crippen LogP contribution in [0.1, 0.15) is 24.2 Å². The van der Waals surface area contributed by atoms with E-state index in [4.69, 9.17) is 23.2 Å². The maximum atomic E-state index is 11.8. The third kappa shape index (κ3) is 4.68. The molecule has 0 aliphatic carbocycles. The van der Waals surface area contributed by atoms with Gasteiger partial charge >= 0.3 is 12.0 Å². The number of nitrogens with one attached hydrogen (secondary N) is 2. The van der Waals surface area contributed by atoms with E-state index in [1.54, 1.807) is 0 Å². The number of urea groups is 1. The van der Waals surface area contributed by atoms with E-state index in [9.17, 15) is 9.59 Å². The molecular formula is C13H17Cl2N3O3. The largest absolute Gasteiger partial charge is 0.465 e. The number of amides is 2. The molecule has 0 spiro atoms. The molecule has 0 saturated heterocycles. The van der Waals surface area contributed by atoms with Gasteiger partial charge in [-0.15, -0.1) is 0 Å². The minimum atomic E-state index is -0.589. The van der Waals surface area contributed by atoms with Gasteiger partial charge in [0.05, 0.1) is 28.4 Å². The number of carbonyl (C=O) groups is 2. The molecule has 1 aromatic carbocycles. The second-order valence-electron chi connectivity index (χ2n) is 4.58. The van der Waals surface area contributed by atoms with Gasteiger partial charge in [0.1, 0.15) is 0 Å². The lowest BCUT2D eigenvalue weighted by molar-refractivity contribution is 0.0601. The lowest BCUT2D eigenvalue weighted by Crippen LogP contribution is -2.43. The maximum absolute atomic E-state index is 11.8. The van der Waals surface area contributed by atoms with Crippen molar-refractivity contribution in [3.63, 3.8) is 0 Å². The third-order valence-corrected chi connectivity index (χ3v) is 3.09. The molecule has 0 radical (unpaired) electrons. The van der Waals surface area contributed by atoms with E-state index in [0.29, 0.717) is 5.69 Å². The van der Waals surface area contributed by atoms with Gasteiger partial charge in [-0.25, -0.2) is 14.6 Å².